The van der Waals surface area contributed by atoms with Crippen molar-refractivity contribution < 1.29 is 9.47 Å². The van der Waals surface area contributed by atoms with E-state index in [2.05, 4.69) is 26.2 Å². The van der Waals surface area contributed by atoms with Gasteiger partial charge in [0.1, 0.15) is 0 Å². The quantitative estimate of drug-likeness (QED) is 0.813. The van der Waals surface area contributed by atoms with Gasteiger partial charge in [-0.1, -0.05) is 0 Å². The molecule has 0 spiro atoms. The molecule has 0 unspecified atom stereocenters. The lowest BCUT2D eigenvalue weighted by Gasteiger charge is -2.21. The van der Waals surface area contributed by atoms with E-state index < -0.39 is 0 Å². The number of ether oxygens (including phenoxy) is 2. The van der Waals surface area contributed by atoms with Gasteiger partial charge >= 0.3 is 0 Å². The Kier molecular flexibility index (Phi) is 5.90. The van der Waals surface area contributed by atoms with Gasteiger partial charge in [-0.3, -0.25) is 4.98 Å². The zero-order valence-electron chi connectivity index (χ0n) is 9.74. The Balaban J connectivity index is 2.42. The van der Waals surface area contributed by atoms with Gasteiger partial charge in [-0.15, -0.1) is 0 Å². The van der Waals surface area contributed by atoms with Crippen LogP contribution in [0.4, 0.5) is 0 Å². The molecule has 0 aromatic carbocycles. The predicted molar refractivity (Wildman–Crippen MR) is 66.0 cm³/mol. The zero-order chi connectivity index (χ0) is 12.0. The maximum atomic E-state index is 5.16. The third kappa shape index (κ3) is 4.17. The van der Waals surface area contributed by atoms with Crippen molar-refractivity contribution >= 4 is 15.9 Å². The second-order valence-corrected chi connectivity index (χ2v) is 4.39. The molecule has 0 aliphatic rings. The van der Waals surface area contributed by atoms with Crippen molar-refractivity contribution in [2.24, 2.45) is 0 Å². The van der Waals surface area contributed by atoms with Gasteiger partial charge in [0.05, 0.1) is 11.7 Å². The lowest BCUT2D eigenvalue weighted by Crippen LogP contribution is -2.39. The van der Waals surface area contributed by atoms with Crippen molar-refractivity contribution in [3.05, 3.63) is 28.5 Å². The van der Waals surface area contributed by atoms with E-state index in [0.29, 0.717) is 6.54 Å². The average Bonchev–Trinajstić information content (AvgIpc) is 2.30. The van der Waals surface area contributed by atoms with Crippen LogP contribution in [0, 0.1) is 0 Å². The molecular weight excluding hydrogens is 272 g/mol. The van der Waals surface area contributed by atoms with E-state index in [-0.39, 0.29) is 12.3 Å². The summed E-state index contributed by atoms with van der Waals surface area (Å²) in [6.45, 7) is 2.70. The molecule has 1 aromatic rings. The van der Waals surface area contributed by atoms with E-state index in [1.165, 1.54) is 0 Å². The first kappa shape index (κ1) is 13.6. The number of nitrogens with zero attached hydrogens (tertiary/aromatic N) is 1. The minimum Gasteiger partial charge on any atom is -0.354 e. The first-order valence-electron chi connectivity index (χ1n) is 5.06. The number of hydrogen-bond acceptors (Lipinski definition) is 4. The molecule has 5 heteroatoms. The highest BCUT2D eigenvalue weighted by Gasteiger charge is 2.14. The number of hydrogen-bond donors (Lipinski definition) is 1. The molecule has 0 radical (unpaired) electrons. The molecule has 0 aliphatic heterocycles. The summed E-state index contributed by atoms with van der Waals surface area (Å²) in [6, 6.07) is 4.05. The lowest BCUT2D eigenvalue weighted by molar-refractivity contribution is -0.119. The molecule has 1 aromatic heterocycles. The molecule has 90 valence electrons. The average molecular weight is 289 g/mol. The van der Waals surface area contributed by atoms with Gasteiger partial charge in [0.2, 0.25) is 0 Å². The maximum absolute atomic E-state index is 5.16. The van der Waals surface area contributed by atoms with E-state index in [0.717, 1.165) is 10.2 Å². The molecule has 1 heterocycles. The van der Waals surface area contributed by atoms with E-state index in [1.54, 1.807) is 20.4 Å². The topological polar surface area (TPSA) is 43.4 Å². The van der Waals surface area contributed by atoms with Gasteiger partial charge in [-0.2, -0.15) is 0 Å². The minimum absolute atomic E-state index is 0.112. The fourth-order valence-electron chi connectivity index (χ4n) is 1.38. The first-order chi connectivity index (χ1) is 7.67. The normalized spacial score (nSPS) is 13.1. The summed E-state index contributed by atoms with van der Waals surface area (Å²) in [5, 5.41) is 3.29. The minimum atomic E-state index is -0.240. The summed E-state index contributed by atoms with van der Waals surface area (Å²) in [5.41, 5.74) is 0.987. The fourth-order valence-corrected chi connectivity index (χ4v) is 1.61. The van der Waals surface area contributed by atoms with Crippen molar-refractivity contribution in [1.29, 1.82) is 0 Å². The Morgan fingerprint density at radius 2 is 2.06 bits per heavy atom. The number of halogens is 1. The van der Waals surface area contributed by atoms with Gasteiger partial charge in [-0.05, 0) is 35.0 Å². The van der Waals surface area contributed by atoms with E-state index in [1.807, 2.05) is 19.1 Å². The lowest BCUT2D eigenvalue weighted by atomic mass is 10.3. The molecule has 0 amide bonds. The van der Waals surface area contributed by atoms with Crippen LogP contribution >= 0.6 is 15.9 Å². The van der Waals surface area contributed by atoms with Crippen molar-refractivity contribution in [3.8, 4) is 0 Å². The summed E-state index contributed by atoms with van der Waals surface area (Å²) in [6.07, 6.45) is 1.54. The fraction of sp³-hybridized carbons (Fsp3) is 0.545. The number of rotatable bonds is 6. The predicted octanol–water partition coefficient (Wildman–Crippen LogP) is 1.94. The van der Waals surface area contributed by atoms with E-state index >= 15 is 0 Å². The molecule has 1 atom stereocenters. The SMILES string of the molecule is COC(OC)[C@H](C)NCc1ccc(Br)cn1. The third-order valence-corrected chi connectivity index (χ3v) is 2.74. The Hall–Kier alpha value is -0.490. The van der Waals surface area contributed by atoms with Crippen molar-refractivity contribution in [3.63, 3.8) is 0 Å². The molecule has 1 rings (SSSR count). The van der Waals surface area contributed by atoms with Crippen LogP contribution in [0.5, 0.6) is 0 Å². The second-order valence-electron chi connectivity index (χ2n) is 3.48. The molecule has 0 aliphatic carbocycles. The highest BCUT2D eigenvalue weighted by Crippen LogP contribution is 2.07. The van der Waals surface area contributed by atoms with E-state index in [4.69, 9.17) is 9.47 Å². The van der Waals surface area contributed by atoms with Gasteiger partial charge in [0, 0.05) is 31.4 Å². The summed E-state index contributed by atoms with van der Waals surface area (Å²) in [5.74, 6) is 0. The van der Waals surface area contributed by atoms with Crippen LogP contribution in [-0.4, -0.2) is 31.5 Å². The number of methoxy groups -OCH3 is 2. The number of aromatic nitrogens is 1. The van der Waals surface area contributed by atoms with Gasteiger partial charge in [0.15, 0.2) is 6.29 Å². The van der Waals surface area contributed by atoms with Crippen LogP contribution in [0.3, 0.4) is 0 Å². The molecule has 0 saturated heterocycles. The van der Waals surface area contributed by atoms with Gasteiger partial charge < -0.3 is 14.8 Å². The highest BCUT2D eigenvalue weighted by molar-refractivity contribution is 9.10. The molecule has 4 nitrogen and oxygen atoms in total. The summed E-state index contributed by atoms with van der Waals surface area (Å²) in [4.78, 5) is 4.27. The molecule has 0 fully saturated rings. The number of pyridine rings is 1. The largest absolute Gasteiger partial charge is 0.354 e. The van der Waals surface area contributed by atoms with Crippen molar-refractivity contribution in [2.75, 3.05) is 14.2 Å². The second kappa shape index (κ2) is 6.96. The summed E-state index contributed by atoms with van der Waals surface area (Å²) < 4.78 is 11.3. The van der Waals surface area contributed by atoms with Gasteiger partial charge in [-0.25, -0.2) is 0 Å². The van der Waals surface area contributed by atoms with Crippen LogP contribution < -0.4 is 5.32 Å². The van der Waals surface area contributed by atoms with Crippen LogP contribution in [0.25, 0.3) is 0 Å². The van der Waals surface area contributed by atoms with Crippen LogP contribution in [0.2, 0.25) is 0 Å². The van der Waals surface area contributed by atoms with Crippen molar-refractivity contribution in [2.45, 2.75) is 25.8 Å². The molecule has 16 heavy (non-hydrogen) atoms. The Morgan fingerprint density at radius 1 is 1.38 bits per heavy atom. The molecular formula is C11H17BrN2O2. The highest BCUT2D eigenvalue weighted by atomic mass is 79.9. The Morgan fingerprint density at radius 3 is 2.56 bits per heavy atom. The summed E-state index contributed by atoms with van der Waals surface area (Å²) in [7, 11) is 3.26. The maximum Gasteiger partial charge on any atom is 0.171 e. The standard InChI is InChI=1S/C11H17BrN2O2/c1-8(11(15-2)16-3)13-7-10-5-4-9(12)6-14-10/h4-6,8,11,13H,7H2,1-3H3/t8-/m0/s1. The van der Waals surface area contributed by atoms with Crippen LogP contribution in [-0.2, 0) is 16.0 Å². The van der Waals surface area contributed by atoms with Gasteiger partial charge in [0.25, 0.3) is 0 Å². The Bertz CT molecular complexity index is 301. The zero-order valence-corrected chi connectivity index (χ0v) is 11.3. The van der Waals surface area contributed by atoms with Crippen LogP contribution in [0.1, 0.15) is 12.6 Å². The monoisotopic (exact) mass is 288 g/mol. The number of nitrogens with one attached hydrogen (secondary N) is 1. The van der Waals surface area contributed by atoms with Crippen LogP contribution in [0.15, 0.2) is 22.8 Å². The third-order valence-electron chi connectivity index (χ3n) is 2.27. The molecule has 0 saturated carbocycles. The molecule has 1 N–H and O–H groups in total. The summed E-state index contributed by atoms with van der Waals surface area (Å²) >= 11 is 3.35. The Labute approximate surface area is 104 Å². The smallest absolute Gasteiger partial charge is 0.171 e. The first-order valence-corrected chi connectivity index (χ1v) is 5.86. The van der Waals surface area contributed by atoms with Crippen molar-refractivity contribution in [1.82, 2.24) is 10.3 Å². The van der Waals surface area contributed by atoms with E-state index in [9.17, 15) is 0 Å². The molecule has 0 bridgehead atoms.